The average molecular weight is 294 g/mol. The molecule has 1 nitrogen and oxygen atoms in total. The van der Waals surface area contributed by atoms with Crippen LogP contribution in [0, 0.1) is 0 Å². The molecule has 0 saturated carbocycles. The number of hydrogen-bond donors (Lipinski definition) is 1. The summed E-state index contributed by atoms with van der Waals surface area (Å²) in [5, 5.41) is 3.45. The van der Waals surface area contributed by atoms with E-state index in [1.807, 2.05) is 91.0 Å². The van der Waals surface area contributed by atoms with Crippen LogP contribution in [0.25, 0.3) is 0 Å². The molecule has 3 rings (SSSR count). The Morgan fingerprint density at radius 2 is 0.952 bits per heavy atom. The first-order chi connectivity index (χ1) is 10.3. The summed E-state index contributed by atoms with van der Waals surface area (Å²) < 4.78 is 0. The highest BCUT2D eigenvalue weighted by molar-refractivity contribution is 6.27. The van der Waals surface area contributed by atoms with Crippen molar-refractivity contribution in [3.8, 4) is 0 Å². The highest BCUT2D eigenvalue weighted by Crippen LogP contribution is 2.37. The minimum absolute atomic E-state index is 0.788. The number of rotatable bonds is 4. The maximum Gasteiger partial charge on any atom is 0.164 e. The number of nitrogens with one attached hydrogen (secondary N) is 1. The second-order valence-corrected chi connectivity index (χ2v) is 5.45. The van der Waals surface area contributed by atoms with Crippen LogP contribution in [0.5, 0.6) is 0 Å². The van der Waals surface area contributed by atoms with Crippen LogP contribution < -0.4 is 5.32 Å². The van der Waals surface area contributed by atoms with Crippen LogP contribution in [0.3, 0.4) is 0 Å². The molecular weight excluding hydrogens is 278 g/mol. The van der Waals surface area contributed by atoms with Crippen molar-refractivity contribution < 1.29 is 0 Å². The first-order valence-electron chi connectivity index (χ1n) is 6.92. The molecule has 1 N–H and O–H groups in total. The third kappa shape index (κ3) is 2.93. The molecule has 21 heavy (non-hydrogen) atoms. The van der Waals surface area contributed by atoms with Crippen molar-refractivity contribution in [3.05, 3.63) is 102 Å². The summed E-state index contributed by atoms with van der Waals surface area (Å²) in [6.45, 7) is 0. The third-order valence-corrected chi connectivity index (χ3v) is 3.96. The minimum Gasteiger partial charge on any atom is -0.359 e. The molecule has 0 aliphatic carbocycles. The van der Waals surface area contributed by atoms with Gasteiger partial charge in [0, 0.05) is 5.69 Å². The van der Waals surface area contributed by atoms with Gasteiger partial charge in [-0.3, -0.25) is 0 Å². The van der Waals surface area contributed by atoms with Gasteiger partial charge in [-0.25, -0.2) is 0 Å². The molecule has 0 bridgehead atoms. The summed E-state index contributed by atoms with van der Waals surface area (Å²) >= 11 is 7.01. The van der Waals surface area contributed by atoms with E-state index in [2.05, 4.69) is 5.32 Å². The molecule has 104 valence electrons. The molecular formula is C19H16ClN. The fourth-order valence-corrected chi connectivity index (χ4v) is 2.73. The normalized spacial score (nSPS) is 11.1. The molecule has 0 heterocycles. The predicted octanol–water partition coefficient (Wildman–Crippen LogP) is 5.24. The topological polar surface area (TPSA) is 12.0 Å². The Balaban J connectivity index is 2.07. The van der Waals surface area contributed by atoms with Crippen LogP contribution in [-0.2, 0) is 5.00 Å². The monoisotopic (exact) mass is 293 g/mol. The molecule has 0 spiro atoms. The molecule has 0 saturated heterocycles. The quantitative estimate of drug-likeness (QED) is 0.512. The molecule has 0 aromatic heterocycles. The fraction of sp³-hybridized carbons (Fsp3) is 0.0526. The Hall–Kier alpha value is -2.25. The maximum atomic E-state index is 7.01. The number of alkyl halides is 1. The summed E-state index contributed by atoms with van der Waals surface area (Å²) in [5.41, 5.74) is 3.02. The van der Waals surface area contributed by atoms with E-state index in [1.54, 1.807) is 0 Å². The molecule has 3 aromatic carbocycles. The smallest absolute Gasteiger partial charge is 0.164 e. The van der Waals surface area contributed by atoms with Gasteiger partial charge in [0.05, 0.1) is 0 Å². The molecule has 0 amide bonds. The van der Waals surface area contributed by atoms with Crippen LogP contribution in [-0.4, -0.2) is 0 Å². The second-order valence-electron chi connectivity index (χ2n) is 4.88. The van der Waals surface area contributed by atoms with Gasteiger partial charge >= 0.3 is 0 Å². The van der Waals surface area contributed by atoms with E-state index in [0.29, 0.717) is 0 Å². The standard InChI is InChI=1S/C19H16ClN/c20-19(16-10-4-1-5-11-16,17-12-6-2-7-13-17)21-18-14-8-3-9-15-18/h1-15,21H. The zero-order chi connectivity index (χ0) is 14.5. The summed E-state index contributed by atoms with van der Waals surface area (Å²) in [6, 6.07) is 30.2. The van der Waals surface area contributed by atoms with Crippen molar-refractivity contribution in [3.63, 3.8) is 0 Å². The molecule has 2 heteroatoms. The molecule has 0 fully saturated rings. The second kappa shape index (κ2) is 6.02. The SMILES string of the molecule is ClC(Nc1ccccc1)(c1ccccc1)c1ccccc1. The van der Waals surface area contributed by atoms with E-state index < -0.39 is 5.00 Å². The summed E-state index contributed by atoms with van der Waals surface area (Å²) in [6.07, 6.45) is 0. The zero-order valence-electron chi connectivity index (χ0n) is 11.5. The lowest BCUT2D eigenvalue weighted by Crippen LogP contribution is -2.30. The molecule has 0 radical (unpaired) electrons. The van der Waals surface area contributed by atoms with E-state index in [1.165, 1.54) is 0 Å². The number of anilines is 1. The average Bonchev–Trinajstić information content (AvgIpc) is 2.57. The molecule has 0 aliphatic rings. The van der Waals surface area contributed by atoms with Gasteiger partial charge in [-0.2, -0.15) is 0 Å². The van der Waals surface area contributed by atoms with Crippen molar-refractivity contribution in [1.29, 1.82) is 0 Å². The first kappa shape index (κ1) is 13.7. The van der Waals surface area contributed by atoms with Gasteiger partial charge < -0.3 is 5.32 Å². The van der Waals surface area contributed by atoms with Crippen molar-refractivity contribution >= 4 is 17.3 Å². The van der Waals surface area contributed by atoms with E-state index in [0.717, 1.165) is 16.8 Å². The third-order valence-electron chi connectivity index (χ3n) is 3.43. The Labute approximate surface area is 130 Å². The predicted molar refractivity (Wildman–Crippen MR) is 89.6 cm³/mol. The van der Waals surface area contributed by atoms with Crippen molar-refractivity contribution in [2.75, 3.05) is 5.32 Å². The summed E-state index contributed by atoms with van der Waals surface area (Å²) in [4.78, 5) is -0.788. The van der Waals surface area contributed by atoms with Crippen LogP contribution in [0.15, 0.2) is 91.0 Å². The van der Waals surface area contributed by atoms with Gasteiger partial charge in [-0.05, 0) is 23.3 Å². The maximum absolute atomic E-state index is 7.01. The van der Waals surface area contributed by atoms with Crippen LogP contribution in [0.4, 0.5) is 5.69 Å². The molecule has 0 aliphatic heterocycles. The van der Waals surface area contributed by atoms with Crippen LogP contribution in [0.2, 0.25) is 0 Å². The van der Waals surface area contributed by atoms with Crippen molar-refractivity contribution in [2.24, 2.45) is 0 Å². The van der Waals surface area contributed by atoms with E-state index in [-0.39, 0.29) is 0 Å². The van der Waals surface area contributed by atoms with Gasteiger partial charge in [-0.1, -0.05) is 90.5 Å². The van der Waals surface area contributed by atoms with E-state index >= 15 is 0 Å². The van der Waals surface area contributed by atoms with Crippen molar-refractivity contribution in [2.45, 2.75) is 5.00 Å². The first-order valence-corrected chi connectivity index (χ1v) is 7.30. The van der Waals surface area contributed by atoms with Crippen molar-refractivity contribution in [1.82, 2.24) is 0 Å². The summed E-state index contributed by atoms with van der Waals surface area (Å²) in [5.74, 6) is 0. The van der Waals surface area contributed by atoms with Gasteiger partial charge in [0.2, 0.25) is 0 Å². The Morgan fingerprint density at radius 1 is 0.571 bits per heavy atom. The highest BCUT2D eigenvalue weighted by Gasteiger charge is 2.31. The Kier molecular flexibility index (Phi) is 3.94. The number of para-hydroxylation sites is 1. The fourth-order valence-electron chi connectivity index (χ4n) is 2.37. The van der Waals surface area contributed by atoms with E-state index in [4.69, 9.17) is 11.6 Å². The Bertz CT molecular complexity index is 641. The molecule has 3 aromatic rings. The van der Waals surface area contributed by atoms with Gasteiger partial charge in [0.15, 0.2) is 5.00 Å². The summed E-state index contributed by atoms with van der Waals surface area (Å²) in [7, 11) is 0. The number of halogens is 1. The lowest BCUT2D eigenvalue weighted by molar-refractivity contribution is 0.842. The van der Waals surface area contributed by atoms with Gasteiger partial charge in [0.25, 0.3) is 0 Å². The molecule has 0 atom stereocenters. The number of benzene rings is 3. The Morgan fingerprint density at radius 3 is 1.38 bits per heavy atom. The zero-order valence-corrected chi connectivity index (χ0v) is 12.3. The van der Waals surface area contributed by atoms with E-state index in [9.17, 15) is 0 Å². The lowest BCUT2D eigenvalue weighted by Gasteiger charge is -2.30. The van der Waals surface area contributed by atoms with Gasteiger partial charge in [-0.15, -0.1) is 0 Å². The largest absolute Gasteiger partial charge is 0.359 e. The van der Waals surface area contributed by atoms with Gasteiger partial charge in [0.1, 0.15) is 0 Å². The van der Waals surface area contributed by atoms with Crippen LogP contribution >= 0.6 is 11.6 Å². The molecule has 0 unspecified atom stereocenters. The van der Waals surface area contributed by atoms with Crippen LogP contribution in [0.1, 0.15) is 11.1 Å². The minimum atomic E-state index is -0.788. The lowest BCUT2D eigenvalue weighted by atomic mass is 9.97. The number of hydrogen-bond acceptors (Lipinski definition) is 1. The highest BCUT2D eigenvalue weighted by atomic mass is 35.5.